The van der Waals surface area contributed by atoms with Crippen LogP contribution >= 0.6 is 0 Å². The Morgan fingerprint density at radius 3 is 2.83 bits per heavy atom. The van der Waals surface area contributed by atoms with Crippen LogP contribution in [-0.4, -0.2) is 48.3 Å². The van der Waals surface area contributed by atoms with Crippen molar-refractivity contribution in [1.29, 1.82) is 5.26 Å². The van der Waals surface area contributed by atoms with Crippen molar-refractivity contribution in [3.63, 3.8) is 0 Å². The molecule has 1 aliphatic rings. The van der Waals surface area contributed by atoms with Crippen molar-refractivity contribution in [2.24, 2.45) is 0 Å². The summed E-state index contributed by atoms with van der Waals surface area (Å²) in [6.07, 6.45) is 1.59. The number of methoxy groups -OCH3 is 1. The summed E-state index contributed by atoms with van der Waals surface area (Å²) in [6.45, 7) is 2.27. The number of nitrogens with one attached hydrogen (secondary N) is 1. The van der Waals surface area contributed by atoms with Gasteiger partial charge in [-0.2, -0.15) is 5.26 Å². The zero-order valence-corrected chi connectivity index (χ0v) is 16.3. The first-order valence-corrected chi connectivity index (χ1v) is 9.36. The molecule has 9 heteroatoms. The molecular formula is C21H19N5O4. The summed E-state index contributed by atoms with van der Waals surface area (Å²) in [7, 11) is 1.58. The molecule has 0 amide bonds. The van der Waals surface area contributed by atoms with Gasteiger partial charge in [0.05, 0.1) is 41.9 Å². The molecule has 0 aliphatic carbocycles. The van der Waals surface area contributed by atoms with E-state index in [1.807, 2.05) is 4.90 Å². The summed E-state index contributed by atoms with van der Waals surface area (Å²) in [5.74, 6) is 1.06. The molecule has 0 saturated carbocycles. The first-order chi connectivity index (χ1) is 14.6. The second-order valence-corrected chi connectivity index (χ2v) is 6.74. The largest absolute Gasteiger partial charge is 0.497 e. The SMILES string of the molecule is COc1ccc2nc(/C(C#N)=C\c3ccc(N4CCOCC4)c([N+](=O)[O-])c3)[nH]c2c1. The number of aromatic amines is 1. The average molecular weight is 405 g/mol. The van der Waals surface area contributed by atoms with Crippen molar-refractivity contribution in [1.82, 2.24) is 9.97 Å². The van der Waals surface area contributed by atoms with E-state index in [4.69, 9.17) is 9.47 Å². The van der Waals surface area contributed by atoms with Gasteiger partial charge in [-0.05, 0) is 29.8 Å². The van der Waals surface area contributed by atoms with E-state index in [1.54, 1.807) is 43.5 Å². The Morgan fingerprint density at radius 2 is 2.13 bits per heavy atom. The second kappa shape index (κ2) is 8.23. The van der Waals surface area contributed by atoms with Crippen molar-refractivity contribution >= 4 is 34.1 Å². The van der Waals surface area contributed by atoms with Gasteiger partial charge < -0.3 is 19.4 Å². The number of nitriles is 1. The van der Waals surface area contributed by atoms with Crippen LogP contribution in [0, 0.1) is 21.4 Å². The first kappa shape index (κ1) is 19.4. The Bertz CT molecular complexity index is 1170. The molecule has 0 radical (unpaired) electrons. The van der Waals surface area contributed by atoms with E-state index in [2.05, 4.69) is 16.0 Å². The van der Waals surface area contributed by atoms with E-state index in [1.165, 1.54) is 6.07 Å². The highest BCUT2D eigenvalue weighted by Crippen LogP contribution is 2.31. The molecule has 1 N–H and O–H groups in total. The summed E-state index contributed by atoms with van der Waals surface area (Å²) >= 11 is 0. The standard InChI is InChI=1S/C21H19N5O4/c1-29-16-3-4-17-18(12-16)24-21(23-17)15(13-22)10-14-2-5-19(20(11-14)26(27)28)25-6-8-30-9-7-25/h2-5,10-12H,6-9H2,1H3,(H,23,24)/b15-10-. The van der Waals surface area contributed by atoms with Gasteiger partial charge in [0.15, 0.2) is 0 Å². The number of nitro benzene ring substituents is 1. The number of aromatic nitrogens is 2. The van der Waals surface area contributed by atoms with Crippen molar-refractivity contribution in [3.05, 3.63) is 57.9 Å². The Kier molecular flexibility index (Phi) is 5.32. The number of hydrogen-bond donors (Lipinski definition) is 1. The van der Waals surface area contributed by atoms with Crippen LogP contribution in [0.5, 0.6) is 5.75 Å². The molecular weight excluding hydrogens is 386 g/mol. The quantitative estimate of drug-likeness (QED) is 0.393. The Hall–Kier alpha value is -3.90. The summed E-state index contributed by atoms with van der Waals surface area (Å²) in [4.78, 5) is 20.7. The number of hydrogen-bond acceptors (Lipinski definition) is 7. The minimum atomic E-state index is -0.401. The second-order valence-electron chi connectivity index (χ2n) is 6.74. The minimum Gasteiger partial charge on any atom is -0.497 e. The number of allylic oxidation sites excluding steroid dienone is 1. The fourth-order valence-corrected chi connectivity index (χ4v) is 3.41. The van der Waals surface area contributed by atoms with Crippen LogP contribution in [0.2, 0.25) is 0 Å². The normalized spacial score (nSPS) is 14.5. The number of benzene rings is 2. The van der Waals surface area contributed by atoms with Crippen LogP contribution in [0.4, 0.5) is 11.4 Å². The minimum absolute atomic E-state index is 0.00252. The highest BCUT2D eigenvalue weighted by atomic mass is 16.6. The smallest absolute Gasteiger partial charge is 0.293 e. The monoisotopic (exact) mass is 405 g/mol. The van der Waals surface area contributed by atoms with E-state index in [9.17, 15) is 15.4 Å². The van der Waals surface area contributed by atoms with Gasteiger partial charge in [0, 0.05) is 25.2 Å². The van der Waals surface area contributed by atoms with Gasteiger partial charge in [-0.15, -0.1) is 0 Å². The third-order valence-electron chi connectivity index (χ3n) is 4.92. The molecule has 152 valence electrons. The molecule has 9 nitrogen and oxygen atoms in total. The highest BCUT2D eigenvalue weighted by Gasteiger charge is 2.22. The Morgan fingerprint density at radius 1 is 1.33 bits per heavy atom. The molecule has 2 heterocycles. The van der Waals surface area contributed by atoms with Crippen LogP contribution in [0.15, 0.2) is 36.4 Å². The van der Waals surface area contributed by atoms with Crippen LogP contribution in [0.3, 0.4) is 0 Å². The van der Waals surface area contributed by atoms with Crippen molar-refractivity contribution in [2.75, 3.05) is 38.3 Å². The number of anilines is 1. The fraction of sp³-hybridized carbons (Fsp3) is 0.238. The molecule has 1 aromatic heterocycles. The number of imidazole rings is 1. The summed E-state index contributed by atoms with van der Waals surface area (Å²) in [6, 6.07) is 12.5. The molecule has 30 heavy (non-hydrogen) atoms. The van der Waals surface area contributed by atoms with Crippen LogP contribution in [0.25, 0.3) is 22.7 Å². The number of nitro groups is 1. The maximum Gasteiger partial charge on any atom is 0.293 e. The van der Waals surface area contributed by atoms with Crippen LogP contribution < -0.4 is 9.64 Å². The van der Waals surface area contributed by atoms with Gasteiger partial charge in [0.1, 0.15) is 23.3 Å². The number of nitrogens with zero attached hydrogens (tertiary/aromatic N) is 4. The topological polar surface area (TPSA) is 117 Å². The Balaban J connectivity index is 1.71. The van der Waals surface area contributed by atoms with Gasteiger partial charge in [0.25, 0.3) is 5.69 Å². The molecule has 1 saturated heterocycles. The molecule has 4 rings (SSSR count). The van der Waals surface area contributed by atoms with E-state index in [-0.39, 0.29) is 11.3 Å². The van der Waals surface area contributed by atoms with Crippen molar-refractivity contribution in [3.8, 4) is 11.8 Å². The molecule has 0 spiro atoms. The molecule has 1 fully saturated rings. The lowest BCUT2D eigenvalue weighted by atomic mass is 10.1. The van der Waals surface area contributed by atoms with Gasteiger partial charge in [-0.25, -0.2) is 4.98 Å². The summed E-state index contributed by atoms with van der Waals surface area (Å²) in [5, 5.41) is 21.3. The molecule has 2 aromatic carbocycles. The van der Waals surface area contributed by atoms with E-state index in [0.29, 0.717) is 54.6 Å². The van der Waals surface area contributed by atoms with E-state index >= 15 is 0 Å². The lowest BCUT2D eigenvalue weighted by Crippen LogP contribution is -2.36. The van der Waals surface area contributed by atoms with Gasteiger partial charge in [0.2, 0.25) is 0 Å². The molecule has 0 bridgehead atoms. The lowest BCUT2D eigenvalue weighted by Gasteiger charge is -2.28. The molecule has 3 aromatic rings. The fourth-order valence-electron chi connectivity index (χ4n) is 3.41. The predicted molar refractivity (Wildman–Crippen MR) is 112 cm³/mol. The number of ether oxygens (including phenoxy) is 2. The zero-order valence-electron chi connectivity index (χ0n) is 16.3. The summed E-state index contributed by atoms with van der Waals surface area (Å²) in [5.41, 5.74) is 2.80. The van der Waals surface area contributed by atoms with Gasteiger partial charge in [-0.1, -0.05) is 6.07 Å². The van der Waals surface area contributed by atoms with Gasteiger partial charge in [-0.3, -0.25) is 10.1 Å². The van der Waals surface area contributed by atoms with Crippen LogP contribution in [-0.2, 0) is 4.74 Å². The molecule has 0 atom stereocenters. The third kappa shape index (κ3) is 3.81. The third-order valence-corrected chi connectivity index (χ3v) is 4.92. The number of fused-ring (bicyclic) bond motifs is 1. The van der Waals surface area contributed by atoms with Crippen molar-refractivity contribution < 1.29 is 14.4 Å². The highest BCUT2D eigenvalue weighted by molar-refractivity contribution is 5.91. The average Bonchev–Trinajstić information content (AvgIpc) is 3.20. The summed E-state index contributed by atoms with van der Waals surface area (Å²) < 4.78 is 10.5. The number of H-pyrrole nitrogens is 1. The Labute approximate surface area is 172 Å². The maximum atomic E-state index is 11.7. The van der Waals surface area contributed by atoms with E-state index in [0.717, 1.165) is 5.52 Å². The van der Waals surface area contributed by atoms with Crippen molar-refractivity contribution in [2.45, 2.75) is 0 Å². The lowest BCUT2D eigenvalue weighted by molar-refractivity contribution is -0.384. The molecule has 0 unspecified atom stereocenters. The zero-order chi connectivity index (χ0) is 21.1. The maximum absolute atomic E-state index is 11.7. The molecule has 1 aliphatic heterocycles. The first-order valence-electron chi connectivity index (χ1n) is 9.36. The number of morpholine rings is 1. The van der Waals surface area contributed by atoms with Crippen LogP contribution in [0.1, 0.15) is 11.4 Å². The predicted octanol–water partition coefficient (Wildman–Crippen LogP) is 3.38. The number of rotatable bonds is 5. The van der Waals surface area contributed by atoms with E-state index < -0.39 is 4.92 Å². The van der Waals surface area contributed by atoms with Gasteiger partial charge >= 0.3 is 0 Å².